The minimum Gasteiger partial charge on any atom is -0.508 e. The van der Waals surface area contributed by atoms with Crippen LogP contribution in [0.3, 0.4) is 0 Å². The van der Waals surface area contributed by atoms with E-state index in [-0.39, 0.29) is 34.3 Å². The van der Waals surface area contributed by atoms with Crippen molar-refractivity contribution in [3.8, 4) is 11.5 Å². The van der Waals surface area contributed by atoms with Gasteiger partial charge in [-0.2, -0.15) is 35.4 Å². The number of aromatic hydroxyl groups is 2. The first kappa shape index (κ1) is 36.0. The maximum atomic E-state index is 11.3. The van der Waals surface area contributed by atoms with E-state index in [1.165, 1.54) is 30.3 Å². The van der Waals surface area contributed by atoms with Gasteiger partial charge >= 0.3 is 11.9 Å². The van der Waals surface area contributed by atoms with Crippen LogP contribution < -0.4 is 10.6 Å². The number of phenols is 2. The summed E-state index contributed by atoms with van der Waals surface area (Å²) in [6.07, 6.45) is 0. The van der Waals surface area contributed by atoms with E-state index in [0.717, 1.165) is 6.07 Å². The van der Waals surface area contributed by atoms with Crippen molar-refractivity contribution < 1.29 is 39.6 Å². The minimum absolute atomic E-state index is 0.0868. The first-order valence-electron chi connectivity index (χ1n) is 13.6. The first-order chi connectivity index (χ1) is 23.6. The highest BCUT2D eigenvalue weighted by atomic mass is 16.4. The number of carbonyl (C=O) groups excluding carboxylic acids is 2. The molecule has 0 fully saturated rings. The van der Waals surface area contributed by atoms with Crippen molar-refractivity contribution in [3.05, 3.63) is 102 Å². The fraction of sp³-hybridized carbons (Fsp3) is 0.0312. The Morgan fingerprint density at radius 1 is 0.551 bits per heavy atom. The molecule has 0 spiro atoms. The summed E-state index contributed by atoms with van der Waals surface area (Å²) in [6.45, 7) is 5.72. The Kier molecular flexibility index (Phi) is 12.7. The van der Waals surface area contributed by atoms with E-state index < -0.39 is 11.9 Å². The summed E-state index contributed by atoms with van der Waals surface area (Å²) in [5.74, 6) is -1.75. The zero-order chi connectivity index (χ0) is 35.9. The maximum absolute atomic E-state index is 11.3. The third kappa shape index (κ3) is 10.9. The van der Waals surface area contributed by atoms with Crippen molar-refractivity contribution in [2.75, 3.05) is 10.6 Å². The summed E-state index contributed by atoms with van der Waals surface area (Å²) in [6, 6.07) is 21.1. The Morgan fingerprint density at radius 3 is 1.31 bits per heavy atom. The third-order valence-electron chi connectivity index (χ3n) is 5.85. The normalized spacial score (nSPS) is 10.4. The van der Waals surface area contributed by atoms with Crippen LogP contribution in [0, 0.1) is 6.92 Å². The number of hydrogen-bond acceptors (Lipinski definition) is 15. The van der Waals surface area contributed by atoms with Gasteiger partial charge in [0.15, 0.2) is 0 Å². The number of rotatable bonds is 10. The van der Waals surface area contributed by atoms with E-state index in [1.54, 1.807) is 55.5 Å². The molecule has 0 bridgehead atoms. The Labute approximate surface area is 277 Å². The molecule has 5 aromatic rings. The number of anilines is 4. The molecule has 4 aromatic carbocycles. The highest BCUT2D eigenvalue weighted by Crippen LogP contribution is 2.28. The van der Waals surface area contributed by atoms with Crippen molar-refractivity contribution >= 4 is 71.5 Å². The van der Waals surface area contributed by atoms with Crippen molar-refractivity contribution in [2.24, 2.45) is 20.5 Å². The number of carbonyl (C=O) groups is 4. The predicted molar refractivity (Wildman–Crippen MR) is 177 cm³/mol. The molecule has 248 valence electrons. The zero-order valence-electron chi connectivity index (χ0n) is 25.5. The SMILES string of the molecule is C=O.C=O.Cc1nc(Nc2ccc(N=Nc3cc(O)cc(O)c3)cc2)nc(Nc2ccc(N=Nc3cc(C(=O)O)cc(C(=O)O)c3)cc2)n1. The van der Waals surface area contributed by atoms with Crippen molar-refractivity contribution in [3.63, 3.8) is 0 Å². The molecular weight excluding hydrogens is 638 g/mol. The molecule has 5 rings (SSSR count). The second-order valence-electron chi connectivity index (χ2n) is 9.36. The second kappa shape index (κ2) is 17.3. The lowest BCUT2D eigenvalue weighted by Crippen LogP contribution is -2.05. The quantitative estimate of drug-likeness (QED) is 0.0827. The van der Waals surface area contributed by atoms with Crippen LogP contribution in [0.15, 0.2) is 105 Å². The molecule has 49 heavy (non-hydrogen) atoms. The summed E-state index contributed by atoms with van der Waals surface area (Å²) < 4.78 is 0. The molecule has 0 aliphatic heterocycles. The van der Waals surface area contributed by atoms with E-state index >= 15 is 0 Å². The highest BCUT2D eigenvalue weighted by Gasteiger charge is 2.11. The monoisotopic (exact) mass is 665 g/mol. The van der Waals surface area contributed by atoms with Crippen molar-refractivity contribution in [1.29, 1.82) is 0 Å². The lowest BCUT2D eigenvalue weighted by atomic mass is 10.1. The molecule has 0 unspecified atom stereocenters. The third-order valence-corrected chi connectivity index (χ3v) is 5.85. The highest BCUT2D eigenvalue weighted by molar-refractivity contribution is 5.95. The minimum atomic E-state index is -1.28. The van der Waals surface area contributed by atoms with Gasteiger partial charge in [0.1, 0.15) is 30.9 Å². The van der Waals surface area contributed by atoms with Crippen LogP contribution in [0.2, 0.25) is 0 Å². The number of phenolic OH excluding ortho intramolecular Hbond substituents is 2. The van der Waals surface area contributed by atoms with Gasteiger partial charge in [0.2, 0.25) is 11.9 Å². The van der Waals surface area contributed by atoms with Gasteiger partial charge in [-0.1, -0.05) is 0 Å². The van der Waals surface area contributed by atoms with E-state index in [4.69, 9.17) is 9.59 Å². The largest absolute Gasteiger partial charge is 0.508 e. The fourth-order valence-electron chi connectivity index (χ4n) is 3.86. The molecule has 0 saturated heterocycles. The van der Waals surface area contributed by atoms with Crippen molar-refractivity contribution in [2.45, 2.75) is 6.92 Å². The molecule has 0 atom stereocenters. The number of aromatic carboxylic acids is 2. The van der Waals surface area contributed by atoms with Crippen LogP contribution in [0.4, 0.5) is 46.0 Å². The smallest absolute Gasteiger partial charge is 0.335 e. The van der Waals surface area contributed by atoms with Gasteiger partial charge < -0.3 is 40.6 Å². The number of benzene rings is 4. The van der Waals surface area contributed by atoms with E-state index in [9.17, 15) is 30.0 Å². The van der Waals surface area contributed by atoms with Crippen LogP contribution in [0.5, 0.6) is 11.5 Å². The molecule has 0 saturated carbocycles. The Bertz CT molecular complexity index is 1930. The molecule has 1 aromatic heterocycles. The predicted octanol–water partition coefficient (Wildman–Crippen LogP) is 6.94. The van der Waals surface area contributed by atoms with Crippen LogP contribution in [0.25, 0.3) is 0 Å². The lowest BCUT2D eigenvalue weighted by molar-refractivity contribution is -0.0987. The van der Waals surface area contributed by atoms with Gasteiger partial charge in [0, 0.05) is 29.6 Å². The molecular formula is C32H27N9O8. The first-order valence-corrected chi connectivity index (χ1v) is 13.6. The van der Waals surface area contributed by atoms with Gasteiger partial charge in [0.25, 0.3) is 0 Å². The topological polar surface area (TPSA) is 261 Å². The number of nitrogens with one attached hydrogen (secondary N) is 2. The van der Waals surface area contributed by atoms with Gasteiger partial charge in [-0.25, -0.2) is 9.59 Å². The Balaban J connectivity index is 0.00000157. The molecule has 0 aliphatic carbocycles. The summed E-state index contributed by atoms with van der Waals surface area (Å²) in [4.78, 5) is 51.7. The average Bonchev–Trinajstić information content (AvgIpc) is 3.08. The number of azo groups is 2. The zero-order valence-corrected chi connectivity index (χ0v) is 25.5. The van der Waals surface area contributed by atoms with Gasteiger partial charge in [0.05, 0.1) is 33.9 Å². The van der Waals surface area contributed by atoms with Crippen LogP contribution in [0.1, 0.15) is 26.5 Å². The fourth-order valence-corrected chi connectivity index (χ4v) is 3.86. The standard InChI is InChI=1S/C30H23N9O6.2CH2O/c1-16-31-29(33-19-2-6-21(7-3-19)36-38-23-11-17(27(42)43)10-18(12-23)28(44)45)35-30(32-16)34-20-4-8-22(9-5-20)37-39-24-13-25(40)15-26(41)14-24;2*1-2/h2-15,40-41H,1H3,(H,42,43)(H,44,45)(H2,31,32,33,34,35);2*1H2. The summed E-state index contributed by atoms with van der Waals surface area (Å²) in [7, 11) is 0. The molecule has 0 amide bonds. The number of aryl methyl sites for hydroxylation is 1. The van der Waals surface area contributed by atoms with E-state index in [1.807, 2.05) is 13.6 Å². The lowest BCUT2D eigenvalue weighted by Gasteiger charge is -2.09. The molecule has 0 aliphatic rings. The molecule has 1 heterocycles. The molecule has 6 N–H and O–H groups in total. The molecule has 17 nitrogen and oxygen atoms in total. The summed E-state index contributed by atoms with van der Waals surface area (Å²) >= 11 is 0. The number of hydrogen-bond donors (Lipinski definition) is 6. The number of carboxylic acids is 2. The Morgan fingerprint density at radius 2 is 0.918 bits per heavy atom. The van der Waals surface area contributed by atoms with Crippen molar-refractivity contribution in [1.82, 2.24) is 15.0 Å². The van der Waals surface area contributed by atoms with E-state index in [0.29, 0.717) is 40.2 Å². The summed E-state index contributed by atoms with van der Waals surface area (Å²) in [5.41, 5.74) is 2.27. The number of carboxylic acid groups (broad SMARTS) is 2. The van der Waals surface area contributed by atoms with Gasteiger partial charge in [-0.15, -0.1) is 0 Å². The van der Waals surface area contributed by atoms with Gasteiger partial charge in [-0.05, 0) is 73.7 Å². The molecule has 17 heteroatoms. The van der Waals surface area contributed by atoms with Crippen LogP contribution in [-0.4, -0.2) is 60.9 Å². The van der Waals surface area contributed by atoms with E-state index in [2.05, 4.69) is 46.0 Å². The maximum Gasteiger partial charge on any atom is 0.335 e. The number of nitrogens with zero attached hydrogens (tertiary/aromatic N) is 7. The van der Waals surface area contributed by atoms with Crippen LogP contribution in [-0.2, 0) is 9.59 Å². The molecule has 0 radical (unpaired) electrons. The second-order valence-corrected chi connectivity index (χ2v) is 9.36. The van der Waals surface area contributed by atoms with Crippen LogP contribution >= 0.6 is 0 Å². The average molecular weight is 666 g/mol. The Hall–Kier alpha value is -7.43. The van der Waals surface area contributed by atoms with Gasteiger partial charge in [-0.3, -0.25) is 0 Å². The summed E-state index contributed by atoms with van der Waals surface area (Å²) in [5, 5.41) is 60.0. The number of aromatic nitrogens is 3.